The smallest absolute Gasteiger partial charge is 0.238 e. The monoisotopic (exact) mass is 330 g/mol. The second-order valence-electron chi connectivity index (χ2n) is 4.12. The van der Waals surface area contributed by atoms with Crippen molar-refractivity contribution in [1.29, 1.82) is 0 Å². The predicted molar refractivity (Wildman–Crippen MR) is 81.6 cm³/mol. The average molecular weight is 331 g/mol. The summed E-state index contributed by atoms with van der Waals surface area (Å²) in [5, 5.41) is 9.30. The fourth-order valence-corrected chi connectivity index (χ4v) is 2.70. The Kier molecular flexibility index (Phi) is 4.55. The van der Waals surface area contributed by atoms with Gasteiger partial charge in [0.05, 0.1) is 4.90 Å². The number of anilines is 1. The Bertz CT molecular complexity index is 695. The van der Waals surface area contributed by atoms with Crippen molar-refractivity contribution in [3.63, 3.8) is 0 Å². The van der Waals surface area contributed by atoms with Crippen molar-refractivity contribution in [2.75, 3.05) is 5.32 Å². The zero-order valence-corrected chi connectivity index (χ0v) is 12.6. The van der Waals surface area contributed by atoms with Gasteiger partial charge in [-0.05, 0) is 36.4 Å². The molecule has 2 aromatic carbocycles. The van der Waals surface area contributed by atoms with Crippen LogP contribution in [0.4, 0.5) is 5.69 Å². The van der Waals surface area contributed by atoms with Crippen LogP contribution in [-0.2, 0) is 16.6 Å². The summed E-state index contributed by atoms with van der Waals surface area (Å²) in [6, 6.07) is 11.4. The van der Waals surface area contributed by atoms with E-state index in [4.69, 9.17) is 28.3 Å². The minimum Gasteiger partial charge on any atom is -0.381 e. The van der Waals surface area contributed by atoms with E-state index in [-0.39, 0.29) is 4.90 Å². The first-order valence-corrected chi connectivity index (χ1v) is 7.98. The fraction of sp³-hybridized carbons (Fsp3) is 0.0769. The van der Waals surface area contributed by atoms with E-state index in [1.165, 1.54) is 12.1 Å². The van der Waals surface area contributed by atoms with E-state index >= 15 is 0 Å². The van der Waals surface area contributed by atoms with Crippen molar-refractivity contribution in [2.45, 2.75) is 11.4 Å². The van der Waals surface area contributed by atoms with Gasteiger partial charge in [0.1, 0.15) is 0 Å². The molecule has 3 N–H and O–H groups in total. The van der Waals surface area contributed by atoms with Gasteiger partial charge in [0.15, 0.2) is 0 Å². The highest BCUT2D eigenvalue weighted by atomic mass is 35.5. The van der Waals surface area contributed by atoms with Crippen LogP contribution in [0.25, 0.3) is 0 Å². The highest BCUT2D eigenvalue weighted by Crippen LogP contribution is 2.25. The fourth-order valence-electron chi connectivity index (χ4n) is 1.65. The molecule has 0 spiro atoms. The summed E-state index contributed by atoms with van der Waals surface area (Å²) in [6.45, 7) is 0.438. The molecule has 2 aromatic rings. The highest BCUT2D eigenvalue weighted by Gasteiger charge is 2.08. The zero-order valence-electron chi connectivity index (χ0n) is 10.3. The second-order valence-corrected chi connectivity index (χ2v) is 6.50. The van der Waals surface area contributed by atoms with Crippen LogP contribution in [0.2, 0.25) is 10.0 Å². The number of hydrogen-bond acceptors (Lipinski definition) is 3. The third-order valence-corrected chi connectivity index (χ3v) is 4.35. The Morgan fingerprint density at radius 2 is 1.55 bits per heavy atom. The molecule has 20 heavy (non-hydrogen) atoms. The molecule has 0 aliphatic carbocycles. The maximum atomic E-state index is 11.1. The Hall–Kier alpha value is -1.27. The zero-order chi connectivity index (χ0) is 14.8. The first kappa shape index (κ1) is 15.1. The van der Waals surface area contributed by atoms with E-state index in [1.807, 2.05) is 0 Å². The molecule has 106 valence electrons. The summed E-state index contributed by atoms with van der Waals surface area (Å²) >= 11 is 12.1. The molecule has 0 amide bonds. The third-order valence-electron chi connectivity index (χ3n) is 2.71. The number of hydrogen-bond donors (Lipinski definition) is 2. The van der Waals surface area contributed by atoms with Crippen LogP contribution < -0.4 is 10.5 Å². The first-order valence-electron chi connectivity index (χ1n) is 5.67. The van der Waals surface area contributed by atoms with E-state index in [1.54, 1.807) is 30.3 Å². The van der Waals surface area contributed by atoms with Gasteiger partial charge in [0.25, 0.3) is 0 Å². The number of nitrogens with one attached hydrogen (secondary N) is 1. The maximum Gasteiger partial charge on any atom is 0.238 e. The van der Waals surface area contributed by atoms with Crippen molar-refractivity contribution in [2.24, 2.45) is 5.14 Å². The summed E-state index contributed by atoms with van der Waals surface area (Å²) in [6.07, 6.45) is 0. The molecular formula is C13H12Cl2N2O2S. The average Bonchev–Trinajstić information content (AvgIpc) is 2.37. The number of rotatable bonds is 4. The highest BCUT2D eigenvalue weighted by molar-refractivity contribution is 7.89. The van der Waals surface area contributed by atoms with Crippen molar-refractivity contribution in [3.8, 4) is 0 Å². The van der Waals surface area contributed by atoms with Crippen LogP contribution in [0.1, 0.15) is 5.56 Å². The Balaban J connectivity index is 2.12. The molecule has 4 nitrogen and oxygen atoms in total. The lowest BCUT2D eigenvalue weighted by Gasteiger charge is -2.10. The minimum absolute atomic E-state index is 0.0684. The number of nitrogens with two attached hydrogens (primary N) is 1. The van der Waals surface area contributed by atoms with Crippen molar-refractivity contribution >= 4 is 38.9 Å². The number of primary sulfonamides is 1. The molecule has 0 heterocycles. The van der Waals surface area contributed by atoms with Gasteiger partial charge in [-0.3, -0.25) is 0 Å². The molecule has 0 saturated heterocycles. The molecule has 0 aromatic heterocycles. The van der Waals surface area contributed by atoms with E-state index in [0.29, 0.717) is 16.6 Å². The summed E-state index contributed by atoms with van der Waals surface area (Å²) in [5.41, 5.74) is 1.53. The van der Waals surface area contributed by atoms with Gasteiger partial charge in [0.2, 0.25) is 10.0 Å². The van der Waals surface area contributed by atoms with Gasteiger partial charge in [-0.1, -0.05) is 29.3 Å². The van der Waals surface area contributed by atoms with Crippen molar-refractivity contribution in [1.82, 2.24) is 0 Å². The van der Waals surface area contributed by atoms with E-state index in [0.717, 1.165) is 11.3 Å². The Labute approximate surface area is 127 Å². The van der Waals surface area contributed by atoms with Crippen molar-refractivity contribution in [3.05, 3.63) is 58.1 Å². The van der Waals surface area contributed by atoms with Gasteiger partial charge >= 0.3 is 0 Å². The SMILES string of the molecule is NS(=O)(=O)c1ccc(NCc2c(Cl)cccc2Cl)cc1. The molecule has 0 radical (unpaired) electrons. The molecule has 0 bridgehead atoms. The van der Waals surface area contributed by atoms with E-state index in [9.17, 15) is 8.42 Å². The molecule has 7 heteroatoms. The number of sulfonamides is 1. The first-order chi connectivity index (χ1) is 9.38. The van der Waals surface area contributed by atoms with Gasteiger partial charge in [-0.2, -0.15) is 0 Å². The predicted octanol–water partition coefficient (Wildman–Crippen LogP) is 3.25. The van der Waals surface area contributed by atoms with Crippen molar-refractivity contribution < 1.29 is 8.42 Å². The minimum atomic E-state index is -3.67. The second kappa shape index (κ2) is 6.01. The largest absolute Gasteiger partial charge is 0.381 e. The number of halogens is 2. The quantitative estimate of drug-likeness (QED) is 0.903. The summed E-state index contributed by atoms with van der Waals surface area (Å²) in [4.78, 5) is 0.0684. The molecular weight excluding hydrogens is 319 g/mol. The lowest BCUT2D eigenvalue weighted by molar-refractivity contribution is 0.598. The van der Waals surface area contributed by atoms with Gasteiger partial charge in [-0.25, -0.2) is 13.6 Å². The van der Waals surface area contributed by atoms with Gasteiger partial charge in [0, 0.05) is 27.8 Å². The van der Waals surface area contributed by atoms with Crippen LogP contribution in [-0.4, -0.2) is 8.42 Å². The van der Waals surface area contributed by atoms with Crippen LogP contribution in [0.5, 0.6) is 0 Å². The van der Waals surface area contributed by atoms with Gasteiger partial charge in [-0.15, -0.1) is 0 Å². The molecule has 0 saturated carbocycles. The summed E-state index contributed by atoms with van der Waals surface area (Å²) in [5.74, 6) is 0. The van der Waals surface area contributed by atoms with Gasteiger partial charge < -0.3 is 5.32 Å². The molecule has 0 atom stereocenters. The summed E-state index contributed by atoms with van der Waals surface area (Å²) in [7, 11) is -3.67. The number of benzene rings is 2. The topological polar surface area (TPSA) is 72.2 Å². The molecule has 0 fully saturated rings. The third kappa shape index (κ3) is 3.64. The molecule has 0 aliphatic rings. The van der Waals surface area contributed by atoms with E-state index in [2.05, 4.69) is 5.32 Å². The normalized spacial score (nSPS) is 11.3. The lowest BCUT2D eigenvalue weighted by atomic mass is 10.2. The summed E-state index contributed by atoms with van der Waals surface area (Å²) < 4.78 is 22.3. The van der Waals surface area contributed by atoms with Crippen LogP contribution in [0.15, 0.2) is 47.4 Å². The van der Waals surface area contributed by atoms with Crippen LogP contribution in [0, 0.1) is 0 Å². The molecule has 0 unspecified atom stereocenters. The Morgan fingerprint density at radius 1 is 1.00 bits per heavy atom. The van der Waals surface area contributed by atoms with Crippen LogP contribution >= 0.6 is 23.2 Å². The lowest BCUT2D eigenvalue weighted by Crippen LogP contribution is -2.12. The Morgan fingerprint density at radius 3 is 2.05 bits per heavy atom. The van der Waals surface area contributed by atoms with Crippen LogP contribution in [0.3, 0.4) is 0 Å². The molecule has 0 aliphatic heterocycles. The van der Waals surface area contributed by atoms with E-state index < -0.39 is 10.0 Å². The standard InChI is InChI=1S/C13H12Cl2N2O2S/c14-12-2-1-3-13(15)11(12)8-17-9-4-6-10(7-5-9)20(16,18)19/h1-7,17H,8H2,(H2,16,18,19). The maximum absolute atomic E-state index is 11.1. The molecule has 2 rings (SSSR count).